The van der Waals surface area contributed by atoms with Gasteiger partial charge in [0.1, 0.15) is 11.4 Å². The maximum atomic E-state index is 14.6. The van der Waals surface area contributed by atoms with Gasteiger partial charge in [0.25, 0.3) is 11.8 Å². The number of amides is 2. The van der Waals surface area contributed by atoms with E-state index >= 15 is 0 Å². The Morgan fingerprint density at radius 3 is 2.47 bits per heavy atom. The largest absolute Gasteiger partial charge is 2.00 e. The average molecular weight is 697 g/mol. The minimum absolute atomic E-state index is 0. The summed E-state index contributed by atoms with van der Waals surface area (Å²) in [5, 5.41) is 15.7. The van der Waals surface area contributed by atoms with Crippen molar-refractivity contribution < 1.29 is 31.4 Å². The van der Waals surface area contributed by atoms with Crippen LogP contribution in [0.1, 0.15) is 101 Å². The molecule has 1 aromatic rings. The molecule has 1 N–H and O–H groups in total. The van der Waals surface area contributed by atoms with Crippen LogP contribution in [0.2, 0.25) is 0 Å². The van der Waals surface area contributed by atoms with Crippen molar-refractivity contribution >= 4 is 46.6 Å². The molecular formula is C33H42Cl2MnN6O3. The fourth-order valence-corrected chi connectivity index (χ4v) is 6.91. The quantitative estimate of drug-likeness (QED) is 0.116. The van der Waals surface area contributed by atoms with Gasteiger partial charge >= 0.3 is 17.1 Å². The molecule has 0 bridgehead atoms. The van der Waals surface area contributed by atoms with E-state index in [1.165, 1.54) is 0 Å². The Morgan fingerprint density at radius 2 is 1.87 bits per heavy atom. The number of hydrogen-bond acceptors (Lipinski definition) is 4. The van der Waals surface area contributed by atoms with E-state index in [2.05, 4.69) is 31.2 Å². The van der Waals surface area contributed by atoms with Gasteiger partial charge in [-0.3, -0.25) is 14.6 Å². The van der Waals surface area contributed by atoms with Crippen LogP contribution in [-0.2, 0) is 26.6 Å². The third-order valence-corrected chi connectivity index (χ3v) is 9.14. The molecule has 2 atom stereocenters. The zero-order chi connectivity index (χ0) is 32.1. The van der Waals surface area contributed by atoms with Gasteiger partial charge < -0.3 is 31.0 Å². The summed E-state index contributed by atoms with van der Waals surface area (Å²) in [4.78, 5) is 34.6. The summed E-state index contributed by atoms with van der Waals surface area (Å²) in [6, 6.07) is 6.92. The summed E-state index contributed by atoms with van der Waals surface area (Å²) in [6.45, 7) is 8.92. The van der Waals surface area contributed by atoms with Crippen LogP contribution in [0.15, 0.2) is 56.6 Å². The Kier molecular flexibility index (Phi) is 13.2. The van der Waals surface area contributed by atoms with Crippen molar-refractivity contribution in [1.29, 1.82) is 0 Å². The molecule has 1 spiro atoms. The van der Waals surface area contributed by atoms with E-state index < -0.39 is 17.4 Å². The molecule has 1 heterocycles. The third-order valence-electron chi connectivity index (χ3n) is 8.61. The first-order valence-corrected chi connectivity index (χ1v) is 16.2. The zero-order valence-corrected chi connectivity index (χ0v) is 29.1. The second kappa shape index (κ2) is 16.0. The van der Waals surface area contributed by atoms with Crippen molar-refractivity contribution in [3.05, 3.63) is 68.5 Å². The molecule has 0 aromatic heterocycles. The molecule has 1 aliphatic heterocycles. The molecule has 12 heteroatoms. The first-order valence-electron chi connectivity index (χ1n) is 15.4. The monoisotopic (exact) mass is 695 g/mol. The molecule has 2 amide bonds. The molecule has 45 heavy (non-hydrogen) atoms. The summed E-state index contributed by atoms with van der Waals surface area (Å²) >= 11 is 12.9. The Bertz CT molecular complexity index is 1350. The number of rotatable bonds is 10. The number of halogens is 2. The van der Waals surface area contributed by atoms with E-state index in [1.807, 2.05) is 30.0 Å². The van der Waals surface area contributed by atoms with E-state index in [-0.39, 0.29) is 53.0 Å². The number of aliphatic imine (C=N–C) groups is 1. The molecule has 243 valence electrons. The van der Waals surface area contributed by atoms with Gasteiger partial charge in [0.15, 0.2) is 0 Å². The number of benzene rings is 1. The van der Waals surface area contributed by atoms with E-state index in [0.717, 1.165) is 31.2 Å². The zero-order valence-electron chi connectivity index (χ0n) is 26.4. The summed E-state index contributed by atoms with van der Waals surface area (Å²) in [6.07, 6.45) is 9.61. The van der Waals surface area contributed by atoms with Crippen LogP contribution in [0, 0.1) is 11.3 Å². The van der Waals surface area contributed by atoms with Crippen LogP contribution < -0.4 is 5.32 Å². The summed E-state index contributed by atoms with van der Waals surface area (Å²) in [5.74, 6) is -1.34. The van der Waals surface area contributed by atoms with Gasteiger partial charge in [-0.25, -0.2) is 0 Å². The van der Waals surface area contributed by atoms with Gasteiger partial charge in [0.05, 0.1) is 12.1 Å². The predicted octanol–water partition coefficient (Wildman–Crippen LogP) is 7.88. The molecule has 3 aliphatic rings. The van der Waals surface area contributed by atoms with Crippen LogP contribution in [0.3, 0.4) is 0 Å². The van der Waals surface area contributed by atoms with Crippen LogP contribution in [0.25, 0.3) is 10.9 Å². The first-order chi connectivity index (χ1) is 20.9. The van der Waals surface area contributed by atoms with E-state index in [0.29, 0.717) is 53.6 Å². The first kappa shape index (κ1) is 37.1. The molecule has 1 saturated carbocycles. The van der Waals surface area contributed by atoms with Crippen molar-refractivity contribution in [1.82, 2.24) is 10.2 Å². The predicted molar refractivity (Wildman–Crippen MR) is 176 cm³/mol. The molecule has 9 nitrogen and oxygen atoms in total. The molecule has 1 aromatic carbocycles. The fourth-order valence-electron chi connectivity index (χ4n) is 6.34. The molecule has 0 saturated heterocycles. The number of allylic oxidation sites excluding steroid dienone is 4. The molecule has 4 rings (SSSR count). The number of carbonyl (C=O) groups is 2. The minimum Gasteiger partial charge on any atom is -0.842 e. The Balaban J connectivity index is 0.00000552. The molecule has 1 radical (unpaired) electrons. The fraction of sp³-hybridized carbons (Fsp3) is 0.576. The third kappa shape index (κ3) is 9.35. The second-order valence-electron chi connectivity index (χ2n) is 13.0. The van der Waals surface area contributed by atoms with Gasteiger partial charge in [-0.2, -0.15) is 0 Å². The van der Waals surface area contributed by atoms with Gasteiger partial charge in [0.2, 0.25) is 0 Å². The van der Waals surface area contributed by atoms with Crippen molar-refractivity contribution in [2.75, 3.05) is 13.2 Å². The van der Waals surface area contributed by atoms with Crippen LogP contribution >= 0.6 is 23.2 Å². The Hall–Kier alpha value is -2.36. The van der Waals surface area contributed by atoms with E-state index in [4.69, 9.17) is 38.5 Å². The topological polar surface area (TPSA) is 128 Å². The van der Waals surface area contributed by atoms with Gasteiger partial charge in [-0.1, -0.05) is 68.0 Å². The van der Waals surface area contributed by atoms with Crippen molar-refractivity contribution in [2.24, 2.45) is 21.4 Å². The summed E-state index contributed by atoms with van der Waals surface area (Å²) in [5.41, 5.74) is 9.81. The summed E-state index contributed by atoms with van der Waals surface area (Å²) < 4.78 is 5.97. The maximum Gasteiger partial charge on any atom is 2.00 e. The van der Waals surface area contributed by atoms with Crippen LogP contribution in [0.5, 0.6) is 0 Å². The molecular weight excluding hydrogens is 654 g/mol. The van der Waals surface area contributed by atoms with Crippen LogP contribution in [-0.4, -0.2) is 53.2 Å². The van der Waals surface area contributed by atoms with E-state index in [9.17, 15) is 15.0 Å². The maximum absolute atomic E-state index is 14.6. The number of amidine groups is 1. The SMILES string of the molecule is CCOC1CCC2(CC1)N=C(C1C=C(Cl)C=C(Cl)CC1)C(=O)N2[C@H](CCC(C)(C)C)c1ccc(C(=O)NCC(=[N-])N=[N-])cc1.[Mn+2]. The number of nitrogens with zero attached hydrogens (tertiary/aromatic N) is 5. The number of hydrogen-bond donors (Lipinski definition) is 1. The second-order valence-corrected chi connectivity index (χ2v) is 14.0. The smallest absolute Gasteiger partial charge is 0.842 e. The van der Waals surface area contributed by atoms with Crippen molar-refractivity contribution in [3.63, 3.8) is 0 Å². The van der Waals surface area contributed by atoms with Gasteiger partial charge in [-0.05, 0) is 87.5 Å². The molecule has 2 aliphatic carbocycles. The number of carbonyl (C=O) groups excluding carboxylic acids is 2. The number of nitrogens with one attached hydrogen (secondary N) is 1. The van der Waals surface area contributed by atoms with Crippen molar-refractivity contribution in [3.8, 4) is 0 Å². The van der Waals surface area contributed by atoms with Crippen LogP contribution in [0.4, 0.5) is 0 Å². The normalized spacial score (nSPS) is 24.2. The van der Waals surface area contributed by atoms with Crippen molar-refractivity contribution in [2.45, 2.75) is 96.9 Å². The van der Waals surface area contributed by atoms with Gasteiger partial charge in [-0.15, -0.1) is 0 Å². The van der Waals surface area contributed by atoms with Gasteiger partial charge in [0, 0.05) is 34.7 Å². The molecule has 1 fully saturated rings. The Morgan fingerprint density at radius 1 is 1.20 bits per heavy atom. The number of ether oxygens (including phenoxy) is 1. The average Bonchev–Trinajstić information content (AvgIpc) is 3.13. The van der Waals surface area contributed by atoms with E-state index in [1.54, 1.807) is 18.2 Å². The Labute approximate surface area is 287 Å². The minimum atomic E-state index is -0.705. The summed E-state index contributed by atoms with van der Waals surface area (Å²) in [7, 11) is 0. The standard InChI is InChI=1S/C33H42Cl2N6O3.Mn/c1-5-44-26-12-16-33(17-13-26)39-29(23-10-11-24(34)19-25(35)18-23)31(43)41(33)27(14-15-32(2,3)4)21-6-8-22(9-7-21)30(42)38-20-28(36)40-37;/h6-9,18-19,23,26-27H,5,10-17,20H2,1-4H3,(H,38,42);/q-2;+2/t23?,26?,27-,33?;/m1./s1. The molecule has 1 unspecified atom stereocenters.